The Morgan fingerprint density at radius 1 is 1.33 bits per heavy atom. The number of carbonyl (C=O) groups is 2. The lowest BCUT2D eigenvalue weighted by atomic mass is 9.61. The molecule has 3 saturated carbocycles. The van der Waals surface area contributed by atoms with Crippen LogP contribution in [0.3, 0.4) is 0 Å². The number of rotatable bonds is 1. The normalized spacial score (nSPS) is 45.1. The number of hydrogen-bond donors (Lipinski definition) is 1. The highest BCUT2D eigenvalue weighted by Gasteiger charge is 2.68. The Balaban J connectivity index is 2.16. The molecular formula is C15H20O3. The molecule has 0 spiro atoms. The minimum absolute atomic E-state index is 0.105. The van der Waals surface area contributed by atoms with Crippen LogP contribution in [-0.4, -0.2) is 16.9 Å². The predicted octanol–water partition coefficient (Wildman–Crippen LogP) is 2.66. The lowest BCUT2D eigenvalue weighted by molar-refractivity contribution is -0.148. The fourth-order valence-corrected chi connectivity index (χ4v) is 5.29. The number of allylic oxidation sites excluding steroid dienone is 1. The molecule has 0 aromatic carbocycles. The molecule has 1 N–H and O–H groups in total. The second kappa shape index (κ2) is 3.25. The van der Waals surface area contributed by atoms with Crippen molar-refractivity contribution >= 4 is 11.8 Å². The summed E-state index contributed by atoms with van der Waals surface area (Å²) in [6.07, 6.45) is 2.98. The summed E-state index contributed by atoms with van der Waals surface area (Å²) >= 11 is 0. The van der Waals surface area contributed by atoms with E-state index in [1.54, 1.807) is 0 Å². The number of hydrogen-bond acceptors (Lipinski definition) is 2. The highest BCUT2D eigenvalue weighted by Crippen LogP contribution is 2.71. The van der Waals surface area contributed by atoms with Gasteiger partial charge in [0, 0.05) is 11.8 Å². The Morgan fingerprint density at radius 3 is 2.61 bits per heavy atom. The van der Waals surface area contributed by atoms with Gasteiger partial charge < -0.3 is 5.11 Å². The van der Waals surface area contributed by atoms with Gasteiger partial charge in [0.25, 0.3) is 0 Å². The third-order valence-corrected chi connectivity index (χ3v) is 5.89. The van der Waals surface area contributed by atoms with Crippen molar-refractivity contribution in [1.29, 1.82) is 0 Å². The topological polar surface area (TPSA) is 54.4 Å². The van der Waals surface area contributed by atoms with Crippen molar-refractivity contribution in [2.75, 3.05) is 0 Å². The Morgan fingerprint density at radius 2 is 2.00 bits per heavy atom. The largest absolute Gasteiger partial charge is 0.481 e. The molecule has 3 fully saturated rings. The molecule has 0 aromatic heterocycles. The van der Waals surface area contributed by atoms with Crippen molar-refractivity contribution in [2.24, 2.45) is 28.6 Å². The van der Waals surface area contributed by atoms with Crippen LogP contribution >= 0.6 is 0 Å². The molecule has 3 nitrogen and oxygen atoms in total. The number of carboxylic acid groups (broad SMARTS) is 1. The van der Waals surface area contributed by atoms with E-state index < -0.39 is 17.3 Å². The second-order valence-electron chi connectivity index (χ2n) is 6.99. The van der Waals surface area contributed by atoms with Gasteiger partial charge in [-0.2, -0.15) is 0 Å². The SMILES string of the molecule is C=C1C(=O)C[C@@H]2[C@H]3CC[C@@H](C(=O)O)[C@@]12CC3(C)C. The minimum Gasteiger partial charge on any atom is -0.481 e. The van der Waals surface area contributed by atoms with Gasteiger partial charge in [-0.15, -0.1) is 0 Å². The molecule has 3 aliphatic carbocycles. The summed E-state index contributed by atoms with van der Waals surface area (Å²) in [6.45, 7) is 8.42. The van der Waals surface area contributed by atoms with Crippen LogP contribution in [0.5, 0.6) is 0 Å². The number of carbonyl (C=O) groups excluding carboxylic acids is 1. The van der Waals surface area contributed by atoms with E-state index in [1.165, 1.54) is 0 Å². The monoisotopic (exact) mass is 248 g/mol. The molecule has 0 aliphatic heterocycles. The maximum atomic E-state index is 12.0. The molecule has 3 heteroatoms. The summed E-state index contributed by atoms with van der Waals surface area (Å²) in [7, 11) is 0. The predicted molar refractivity (Wildman–Crippen MR) is 66.9 cm³/mol. The average molecular weight is 248 g/mol. The van der Waals surface area contributed by atoms with Crippen LogP contribution in [0.15, 0.2) is 12.2 Å². The van der Waals surface area contributed by atoms with Gasteiger partial charge in [0.1, 0.15) is 0 Å². The van der Waals surface area contributed by atoms with Crippen molar-refractivity contribution < 1.29 is 14.7 Å². The Kier molecular flexibility index (Phi) is 2.16. The number of Topliss-reactive ketones (excluding diaryl/α,β-unsaturated/α-hetero) is 1. The zero-order valence-corrected chi connectivity index (χ0v) is 11.0. The van der Waals surface area contributed by atoms with E-state index in [0.29, 0.717) is 24.3 Å². The van der Waals surface area contributed by atoms with Crippen molar-refractivity contribution in [3.8, 4) is 0 Å². The number of aliphatic carboxylic acids is 1. The molecule has 18 heavy (non-hydrogen) atoms. The van der Waals surface area contributed by atoms with E-state index >= 15 is 0 Å². The zero-order valence-electron chi connectivity index (χ0n) is 11.0. The number of carboxylic acids is 1. The van der Waals surface area contributed by atoms with Crippen LogP contribution in [0.25, 0.3) is 0 Å². The molecule has 0 heterocycles. The van der Waals surface area contributed by atoms with E-state index in [9.17, 15) is 14.7 Å². The molecular weight excluding hydrogens is 228 g/mol. The van der Waals surface area contributed by atoms with Crippen LogP contribution in [0.4, 0.5) is 0 Å². The summed E-state index contributed by atoms with van der Waals surface area (Å²) in [6, 6.07) is 0. The Bertz CT molecular complexity index is 462. The summed E-state index contributed by atoms with van der Waals surface area (Å²) < 4.78 is 0. The average Bonchev–Trinajstić information content (AvgIpc) is 2.57. The maximum absolute atomic E-state index is 12.0. The first-order valence-electron chi connectivity index (χ1n) is 6.76. The molecule has 0 unspecified atom stereocenters. The molecule has 2 bridgehead atoms. The maximum Gasteiger partial charge on any atom is 0.307 e. The van der Waals surface area contributed by atoms with E-state index in [-0.39, 0.29) is 17.1 Å². The first-order valence-corrected chi connectivity index (χ1v) is 6.76. The molecule has 3 rings (SSSR count). The first-order chi connectivity index (χ1) is 8.30. The minimum atomic E-state index is -0.744. The molecule has 4 atom stereocenters. The third kappa shape index (κ3) is 1.15. The highest BCUT2D eigenvalue weighted by molar-refractivity contribution is 6.00. The van der Waals surface area contributed by atoms with Crippen LogP contribution in [0.1, 0.15) is 39.5 Å². The smallest absolute Gasteiger partial charge is 0.307 e. The van der Waals surface area contributed by atoms with E-state index in [4.69, 9.17) is 0 Å². The van der Waals surface area contributed by atoms with Gasteiger partial charge in [0.05, 0.1) is 5.92 Å². The molecule has 3 aliphatic rings. The molecule has 0 saturated heterocycles. The third-order valence-electron chi connectivity index (χ3n) is 5.89. The first kappa shape index (κ1) is 11.9. The van der Waals surface area contributed by atoms with E-state index in [1.807, 2.05) is 0 Å². The van der Waals surface area contributed by atoms with E-state index in [2.05, 4.69) is 20.4 Å². The van der Waals surface area contributed by atoms with Crippen molar-refractivity contribution in [2.45, 2.75) is 39.5 Å². The summed E-state index contributed by atoms with van der Waals surface area (Å²) in [5, 5.41) is 9.52. The standard InChI is InChI=1S/C15H20O3/c1-8-12(16)6-11-9-4-5-10(13(17)18)15(8,11)7-14(9,2)3/h9-11H,1,4-7H2,2-3H3,(H,17,18)/t9-,10+,11-,15-/m1/s1. The van der Waals surface area contributed by atoms with Crippen LogP contribution in [-0.2, 0) is 9.59 Å². The van der Waals surface area contributed by atoms with Crippen LogP contribution in [0, 0.1) is 28.6 Å². The number of ketones is 1. The van der Waals surface area contributed by atoms with Gasteiger partial charge in [-0.25, -0.2) is 0 Å². The molecule has 0 aromatic rings. The molecule has 0 amide bonds. The molecule has 0 radical (unpaired) electrons. The van der Waals surface area contributed by atoms with Crippen LogP contribution < -0.4 is 0 Å². The fourth-order valence-electron chi connectivity index (χ4n) is 5.29. The lowest BCUT2D eigenvalue weighted by Crippen LogP contribution is -2.41. The van der Waals surface area contributed by atoms with Gasteiger partial charge in [0.2, 0.25) is 0 Å². The van der Waals surface area contributed by atoms with Gasteiger partial charge in [0.15, 0.2) is 5.78 Å². The summed E-state index contributed by atoms with van der Waals surface area (Å²) in [4.78, 5) is 23.6. The summed E-state index contributed by atoms with van der Waals surface area (Å²) in [5.41, 5.74) is 0.309. The van der Waals surface area contributed by atoms with Gasteiger partial charge >= 0.3 is 5.97 Å². The van der Waals surface area contributed by atoms with Crippen molar-refractivity contribution in [3.63, 3.8) is 0 Å². The molecule has 98 valence electrons. The summed E-state index contributed by atoms with van der Waals surface area (Å²) in [5.74, 6) is -0.334. The zero-order chi connectivity index (χ0) is 13.3. The fraction of sp³-hybridized carbons (Fsp3) is 0.733. The van der Waals surface area contributed by atoms with E-state index in [0.717, 1.165) is 12.8 Å². The van der Waals surface area contributed by atoms with Crippen molar-refractivity contribution in [3.05, 3.63) is 12.2 Å². The van der Waals surface area contributed by atoms with Crippen molar-refractivity contribution in [1.82, 2.24) is 0 Å². The lowest BCUT2D eigenvalue weighted by Gasteiger charge is -2.41. The van der Waals surface area contributed by atoms with Crippen LogP contribution in [0.2, 0.25) is 0 Å². The van der Waals surface area contributed by atoms with Gasteiger partial charge in [-0.3, -0.25) is 9.59 Å². The van der Waals surface area contributed by atoms with Gasteiger partial charge in [-0.05, 0) is 42.1 Å². The second-order valence-corrected chi connectivity index (χ2v) is 6.99. The highest BCUT2D eigenvalue weighted by atomic mass is 16.4. The Labute approximate surface area is 107 Å². The van der Waals surface area contributed by atoms with Gasteiger partial charge in [-0.1, -0.05) is 20.4 Å². The quantitative estimate of drug-likeness (QED) is 0.726. The Hall–Kier alpha value is -1.12.